The second-order valence-electron chi connectivity index (χ2n) is 7.06. The van der Waals surface area contributed by atoms with E-state index in [1.807, 2.05) is 6.07 Å². The maximum atomic E-state index is 12.0. The van der Waals surface area contributed by atoms with Crippen LogP contribution >= 0.6 is 0 Å². The maximum Gasteiger partial charge on any atom is 0.240 e. The second kappa shape index (κ2) is 6.59. The summed E-state index contributed by atoms with van der Waals surface area (Å²) in [7, 11) is 0. The quantitative estimate of drug-likeness (QED) is 0.861. The zero-order chi connectivity index (χ0) is 16.4. The molecule has 2 fully saturated rings. The van der Waals surface area contributed by atoms with Crippen molar-refractivity contribution in [1.29, 1.82) is 0 Å². The molecular weight excluding hydrogens is 290 g/mol. The van der Waals surface area contributed by atoms with Crippen LogP contribution in [-0.2, 0) is 22.6 Å². The lowest BCUT2D eigenvalue weighted by Gasteiger charge is -2.35. The summed E-state index contributed by atoms with van der Waals surface area (Å²) in [6.07, 6.45) is 2.11. The SMILES string of the molecule is C[C@@H]1CN(Cc2ccccc2CNC(=O)C2(N)CC2)C[C@H](C)O1. The molecule has 0 bridgehead atoms. The Bertz CT molecular complexity index is 561. The van der Waals surface area contributed by atoms with Gasteiger partial charge in [-0.3, -0.25) is 9.69 Å². The van der Waals surface area contributed by atoms with E-state index in [9.17, 15) is 4.79 Å². The standard InChI is InChI=1S/C18H27N3O2/c1-13-10-21(11-14(2)23-13)12-16-6-4-3-5-15(16)9-20-17(22)18(19)7-8-18/h3-6,13-14H,7-12,19H2,1-2H3,(H,20,22)/t13-,14+. The number of nitrogens with zero attached hydrogens (tertiary/aromatic N) is 1. The van der Waals surface area contributed by atoms with Crippen molar-refractivity contribution in [2.75, 3.05) is 13.1 Å². The van der Waals surface area contributed by atoms with E-state index in [1.54, 1.807) is 0 Å². The number of hydrogen-bond donors (Lipinski definition) is 2. The van der Waals surface area contributed by atoms with Crippen LogP contribution in [0.15, 0.2) is 24.3 Å². The number of benzene rings is 1. The molecule has 5 heteroatoms. The van der Waals surface area contributed by atoms with E-state index in [2.05, 4.69) is 42.3 Å². The average molecular weight is 317 g/mol. The van der Waals surface area contributed by atoms with Gasteiger partial charge < -0.3 is 15.8 Å². The van der Waals surface area contributed by atoms with Gasteiger partial charge in [0, 0.05) is 26.2 Å². The lowest BCUT2D eigenvalue weighted by atomic mass is 10.1. The summed E-state index contributed by atoms with van der Waals surface area (Å²) in [4.78, 5) is 14.4. The first-order valence-electron chi connectivity index (χ1n) is 8.48. The molecule has 5 nitrogen and oxygen atoms in total. The van der Waals surface area contributed by atoms with Crippen molar-refractivity contribution in [3.05, 3.63) is 35.4 Å². The number of nitrogens with two attached hydrogens (primary N) is 1. The minimum absolute atomic E-state index is 0.0269. The molecule has 0 aromatic heterocycles. The highest BCUT2D eigenvalue weighted by Gasteiger charge is 2.45. The summed E-state index contributed by atoms with van der Waals surface area (Å²) in [6.45, 7) is 7.55. The van der Waals surface area contributed by atoms with Crippen molar-refractivity contribution < 1.29 is 9.53 Å². The highest BCUT2D eigenvalue weighted by Crippen LogP contribution is 2.32. The predicted octanol–water partition coefficient (Wildman–Crippen LogP) is 1.40. The molecule has 0 radical (unpaired) electrons. The molecule has 1 aromatic carbocycles. The van der Waals surface area contributed by atoms with Crippen LogP contribution in [0.5, 0.6) is 0 Å². The second-order valence-corrected chi connectivity index (χ2v) is 7.06. The fourth-order valence-corrected chi connectivity index (χ4v) is 3.25. The van der Waals surface area contributed by atoms with Gasteiger partial charge >= 0.3 is 0 Å². The highest BCUT2D eigenvalue weighted by atomic mass is 16.5. The van der Waals surface area contributed by atoms with Crippen LogP contribution in [0.1, 0.15) is 37.8 Å². The number of morpholine rings is 1. The Balaban J connectivity index is 1.62. The molecule has 1 heterocycles. The number of nitrogens with one attached hydrogen (secondary N) is 1. The lowest BCUT2D eigenvalue weighted by Crippen LogP contribution is -2.45. The Morgan fingerprint density at radius 3 is 2.48 bits per heavy atom. The van der Waals surface area contributed by atoms with Gasteiger partial charge in [0.2, 0.25) is 5.91 Å². The van der Waals surface area contributed by atoms with E-state index in [4.69, 9.17) is 10.5 Å². The Labute approximate surface area is 138 Å². The van der Waals surface area contributed by atoms with Crippen LogP contribution < -0.4 is 11.1 Å². The summed E-state index contributed by atoms with van der Waals surface area (Å²) < 4.78 is 5.80. The third-order valence-corrected chi connectivity index (χ3v) is 4.69. The van der Waals surface area contributed by atoms with Gasteiger partial charge in [-0.2, -0.15) is 0 Å². The van der Waals surface area contributed by atoms with Crippen LogP contribution in [0, 0.1) is 0 Å². The smallest absolute Gasteiger partial charge is 0.240 e. The molecule has 1 saturated heterocycles. The van der Waals surface area contributed by atoms with Gasteiger partial charge in [-0.05, 0) is 37.8 Å². The van der Waals surface area contributed by atoms with Crippen LogP contribution in [0.3, 0.4) is 0 Å². The van der Waals surface area contributed by atoms with Gasteiger partial charge in [0.15, 0.2) is 0 Å². The average Bonchev–Trinajstić information content (AvgIpc) is 3.24. The molecule has 0 unspecified atom stereocenters. The normalized spacial score (nSPS) is 26.7. The van der Waals surface area contributed by atoms with Crippen molar-refractivity contribution >= 4 is 5.91 Å². The van der Waals surface area contributed by atoms with Crippen LogP contribution in [0.2, 0.25) is 0 Å². The van der Waals surface area contributed by atoms with Gasteiger partial charge in [-0.15, -0.1) is 0 Å². The fraction of sp³-hybridized carbons (Fsp3) is 0.611. The minimum atomic E-state index is -0.607. The van der Waals surface area contributed by atoms with Crippen LogP contribution in [0.4, 0.5) is 0 Å². The molecule has 1 aromatic rings. The zero-order valence-electron chi connectivity index (χ0n) is 14.0. The molecule has 2 atom stereocenters. The lowest BCUT2D eigenvalue weighted by molar-refractivity contribution is -0.123. The number of carbonyl (C=O) groups is 1. The Hall–Kier alpha value is -1.43. The number of amides is 1. The molecule has 1 amide bonds. The first-order chi connectivity index (χ1) is 11.0. The third-order valence-electron chi connectivity index (χ3n) is 4.69. The van der Waals surface area contributed by atoms with E-state index >= 15 is 0 Å². The monoisotopic (exact) mass is 317 g/mol. The summed E-state index contributed by atoms with van der Waals surface area (Å²) in [5.41, 5.74) is 7.75. The number of rotatable bonds is 5. The molecular formula is C18H27N3O2. The first-order valence-corrected chi connectivity index (χ1v) is 8.48. The van der Waals surface area contributed by atoms with E-state index < -0.39 is 5.54 Å². The van der Waals surface area contributed by atoms with E-state index in [-0.39, 0.29) is 18.1 Å². The molecule has 3 rings (SSSR count). The molecule has 23 heavy (non-hydrogen) atoms. The van der Waals surface area contributed by atoms with Crippen molar-refractivity contribution in [3.63, 3.8) is 0 Å². The van der Waals surface area contributed by atoms with Gasteiger partial charge in [0.1, 0.15) is 0 Å². The zero-order valence-corrected chi connectivity index (χ0v) is 14.0. The Kier molecular flexibility index (Phi) is 4.71. The van der Waals surface area contributed by atoms with Gasteiger partial charge in [-0.1, -0.05) is 24.3 Å². The van der Waals surface area contributed by atoms with Crippen molar-refractivity contribution in [2.45, 2.75) is 57.5 Å². The maximum absolute atomic E-state index is 12.0. The highest BCUT2D eigenvalue weighted by molar-refractivity contribution is 5.88. The Morgan fingerprint density at radius 2 is 1.87 bits per heavy atom. The van der Waals surface area contributed by atoms with Crippen molar-refractivity contribution in [3.8, 4) is 0 Å². The third kappa shape index (κ3) is 4.10. The largest absolute Gasteiger partial charge is 0.373 e. The topological polar surface area (TPSA) is 67.6 Å². The first kappa shape index (κ1) is 16.4. The van der Waals surface area contributed by atoms with E-state index in [0.717, 1.165) is 38.0 Å². The predicted molar refractivity (Wildman–Crippen MR) is 89.7 cm³/mol. The molecule has 0 spiro atoms. The van der Waals surface area contributed by atoms with Gasteiger partial charge in [-0.25, -0.2) is 0 Å². The number of ether oxygens (including phenoxy) is 1. The molecule has 1 saturated carbocycles. The molecule has 1 aliphatic carbocycles. The van der Waals surface area contributed by atoms with Crippen LogP contribution in [0.25, 0.3) is 0 Å². The van der Waals surface area contributed by atoms with Crippen LogP contribution in [-0.4, -0.2) is 41.6 Å². The molecule has 126 valence electrons. The van der Waals surface area contributed by atoms with E-state index in [0.29, 0.717) is 6.54 Å². The number of carbonyl (C=O) groups excluding carboxylic acids is 1. The summed E-state index contributed by atoms with van der Waals surface area (Å²) in [6, 6.07) is 8.30. The van der Waals surface area contributed by atoms with E-state index in [1.165, 1.54) is 5.56 Å². The van der Waals surface area contributed by atoms with Crippen molar-refractivity contribution in [2.24, 2.45) is 5.73 Å². The fourth-order valence-electron chi connectivity index (χ4n) is 3.25. The summed E-state index contributed by atoms with van der Waals surface area (Å²) in [5, 5.41) is 2.99. The summed E-state index contributed by atoms with van der Waals surface area (Å²) in [5.74, 6) is -0.0269. The Morgan fingerprint density at radius 1 is 1.26 bits per heavy atom. The number of hydrogen-bond acceptors (Lipinski definition) is 4. The van der Waals surface area contributed by atoms with Gasteiger partial charge in [0.05, 0.1) is 17.7 Å². The molecule has 1 aliphatic heterocycles. The minimum Gasteiger partial charge on any atom is -0.373 e. The van der Waals surface area contributed by atoms with Crippen molar-refractivity contribution in [1.82, 2.24) is 10.2 Å². The summed E-state index contributed by atoms with van der Waals surface area (Å²) >= 11 is 0. The van der Waals surface area contributed by atoms with Gasteiger partial charge in [0.25, 0.3) is 0 Å². The molecule has 2 aliphatic rings. The molecule has 3 N–H and O–H groups in total.